The van der Waals surface area contributed by atoms with E-state index in [1.807, 2.05) is 0 Å². The molecule has 0 aliphatic rings. The third-order valence-corrected chi connectivity index (χ3v) is 4.21. The van der Waals surface area contributed by atoms with Crippen LogP contribution in [0.4, 0.5) is 5.69 Å². The normalized spacial score (nSPS) is 11.7. The van der Waals surface area contributed by atoms with Crippen LogP contribution < -0.4 is 10.5 Å². The molecule has 6 nitrogen and oxygen atoms in total. The fraction of sp³-hybridized carbons (Fsp3) is 0.182. The SMILES string of the molecule is Cc1cnc(CNS(=O)(=O)c2ccc(N)cc2Cl)o1. The number of nitrogens with one attached hydrogen (secondary N) is 1. The lowest BCUT2D eigenvalue weighted by Crippen LogP contribution is -2.23. The first-order valence-corrected chi connectivity index (χ1v) is 7.20. The number of hydrogen-bond donors (Lipinski definition) is 2. The number of aromatic nitrogens is 1. The number of nitrogens with zero attached hydrogens (tertiary/aromatic N) is 1. The van der Waals surface area contributed by atoms with Crippen molar-refractivity contribution >= 4 is 27.3 Å². The lowest BCUT2D eigenvalue weighted by molar-refractivity contribution is 0.463. The predicted molar refractivity (Wildman–Crippen MR) is 71.1 cm³/mol. The summed E-state index contributed by atoms with van der Waals surface area (Å²) in [5.74, 6) is 0.896. The molecule has 2 aromatic rings. The molecule has 0 saturated carbocycles. The molecule has 3 N–H and O–H groups in total. The summed E-state index contributed by atoms with van der Waals surface area (Å²) in [5.41, 5.74) is 5.91. The van der Waals surface area contributed by atoms with Crippen LogP contribution in [0.3, 0.4) is 0 Å². The highest BCUT2D eigenvalue weighted by Gasteiger charge is 2.18. The number of nitrogens with two attached hydrogens (primary N) is 1. The van der Waals surface area contributed by atoms with Crippen LogP contribution in [0.25, 0.3) is 0 Å². The first-order chi connectivity index (χ1) is 8.88. The Kier molecular flexibility index (Phi) is 3.79. The van der Waals surface area contributed by atoms with Gasteiger partial charge in [-0.15, -0.1) is 0 Å². The van der Waals surface area contributed by atoms with Crippen LogP contribution in [0.2, 0.25) is 5.02 Å². The van der Waals surface area contributed by atoms with Crippen molar-refractivity contribution in [1.82, 2.24) is 9.71 Å². The van der Waals surface area contributed by atoms with Crippen LogP contribution >= 0.6 is 11.6 Å². The van der Waals surface area contributed by atoms with E-state index in [4.69, 9.17) is 21.8 Å². The maximum absolute atomic E-state index is 12.0. The Bertz CT molecular complexity index is 697. The molecule has 0 radical (unpaired) electrons. The van der Waals surface area contributed by atoms with Crippen LogP contribution in [0.5, 0.6) is 0 Å². The second-order valence-electron chi connectivity index (χ2n) is 3.88. The molecule has 0 aliphatic heterocycles. The molecule has 19 heavy (non-hydrogen) atoms. The molecular formula is C11H12ClN3O3S. The van der Waals surface area contributed by atoms with Crippen molar-refractivity contribution in [2.75, 3.05) is 5.73 Å². The molecule has 1 aromatic carbocycles. The Labute approximate surface area is 115 Å². The lowest BCUT2D eigenvalue weighted by atomic mass is 10.3. The maximum Gasteiger partial charge on any atom is 0.242 e. The fourth-order valence-corrected chi connectivity index (χ4v) is 2.98. The van der Waals surface area contributed by atoms with E-state index in [-0.39, 0.29) is 22.4 Å². The van der Waals surface area contributed by atoms with Crippen molar-refractivity contribution < 1.29 is 12.8 Å². The zero-order valence-electron chi connectivity index (χ0n) is 10.1. The molecule has 1 aromatic heterocycles. The van der Waals surface area contributed by atoms with Gasteiger partial charge in [0.1, 0.15) is 10.7 Å². The van der Waals surface area contributed by atoms with E-state index in [2.05, 4.69) is 9.71 Å². The molecule has 0 amide bonds. The molecule has 0 bridgehead atoms. The average Bonchev–Trinajstić information content (AvgIpc) is 2.72. The predicted octanol–water partition coefficient (Wildman–Crippen LogP) is 1.70. The van der Waals surface area contributed by atoms with Gasteiger partial charge >= 0.3 is 0 Å². The van der Waals surface area contributed by atoms with Gasteiger partial charge in [-0.3, -0.25) is 0 Å². The Morgan fingerprint density at radius 1 is 1.47 bits per heavy atom. The van der Waals surface area contributed by atoms with Gasteiger partial charge in [0.15, 0.2) is 0 Å². The summed E-state index contributed by atoms with van der Waals surface area (Å²) < 4.78 is 31.6. The van der Waals surface area contributed by atoms with Crippen LogP contribution in [-0.2, 0) is 16.6 Å². The smallest absolute Gasteiger partial charge is 0.242 e. The van der Waals surface area contributed by atoms with Crippen LogP contribution in [0, 0.1) is 6.92 Å². The van der Waals surface area contributed by atoms with Gasteiger partial charge in [0.05, 0.1) is 17.8 Å². The lowest BCUT2D eigenvalue weighted by Gasteiger charge is -2.07. The van der Waals surface area contributed by atoms with E-state index in [0.717, 1.165) is 0 Å². The van der Waals surface area contributed by atoms with Gasteiger partial charge in [-0.05, 0) is 25.1 Å². The summed E-state index contributed by atoms with van der Waals surface area (Å²) in [6.45, 7) is 1.68. The molecule has 0 saturated heterocycles. The quantitative estimate of drug-likeness (QED) is 0.837. The number of benzene rings is 1. The Morgan fingerprint density at radius 3 is 2.79 bits per heavy atom. The van der Waals surface area contributed by atoms with Gasteiger partial charge in [0.25, 0.3) is 0 Å². The van der Waals surface area contributed by atoms with Crippen LogP contribution in [0.1, 0.15) is 11.7 Å². The highest BCUT2D eigenvalue weighted by molar-refractivity contribution is 7.89. The Balaban J connectivity index is 2.18. The zero-order chi connectivity index (χ0) is 14.0. The van der Waals surface area contributed by atoms with Crippen LogP contribution in [-0.4, -0.2) is 13.4 Å². The molecule has 8 heteroatoms. The number of rotatable bonds is 4. The first-order valence-electron chi connectivity index (χ1n) is 5.34. The Hall–Kier alpha value is -1.57. The van der Waals surface area contributed by atoms with Gasteiger partial charge < -0.3 is 10.2 Å². The molecule has 0 aliphatic carbocycles. The number of halogens is 1. The second-order valence-corrected chi connectivity index (χ2v) is 6.02. The molecule has 0 fully saturated rings. The molecule has 2 rings (SSSR count). The van der Waals surface area contributed by atoms with E-state index in [0.29, 0.717) is 11.4 Å². The highest BCUT2D eigenvalue weighted by atomic mass is 35.5. The van der Waals surface area contributed by atoms with E-state index in [1.165, 1.54) is 24.4 Å². The van der Waals surface area contributed by atoms with Crippen LogP contribution in [0.15, 0.2) is 33.7 Å². The minimum atomic E-state index is -3.73. The minimum Gasteiger partial charge on any atom is -0.445 e. The van der Waals surface area contributed by atoms with Gasteiger partial charge in [0.2, 0.25) is 15.9 Å². The third-order valence-electron chi connectivity index (χ3n) is 2.33. The number of sulfonamides is 1. The molecule has 0 unspecified atom stereocenters. The summed E-state index contributed by atoms with van der Waals surface area (Å²) in [6, 6.07) is 4.20. The van der Waals surface area contributed by atoms with Crippen molar-refractivity contribution in [3.05, 3.63) is 41.1 Å². The van der Waals surface area contributed by atoms with E-state index < -0.39 is 10.0 Å². The van der Waals surface area contributed by atoms with Crippen molar-refractivity contribution in [2.24, 2.45) is 0 Å². The first kappa shape index (κ1) is 13.9. The fourth-order valence-electron chi connectivity index (χ4n) is 1.45. The highest BCUT2D eigenvalue weighted by Crippen LogP contribution is 2.23. The molecule has 0 spiro atoms. The standard InChI is InChI=1S/C11H12ClN3O3S/c1-7-5-14-11(18-7)6-15-19(16,17)10-3-2-8(13)4-9(10)12/h2-5,15H,6,13H2,1H3. The summed E-state index contributed by atoms with van der Waals surface area (Å²) in [7, 11) is -3.73. The average molecular weight is 302 g/mol. The topological polar surface area (TPSA) is 98.2 Å². The number of oxazole rings is 1. The van der Waals surface area contributed by atoms with Crippen molar-refractivity contribution in [2.45, 2.75) is 18.4 Å². The maximum atomic E-state index is 12.0. The number of aryl methyl sites for hydroxylation is 1. The monoisotopic (exact) mass is 301 g/mol. The van der Waals surface area contributed by atoms with Gasteiger partial charge in [-0.25, -0.2) is 18.1 Å². The molecule has 0 atom stereocenters. The number of anilines is 1. The van der Waals surface area contributed by atoms with Crippen molar-refractivity contribution in [3.8, 4) is 0 Å². The number of hydrogen-bond acceptors (Lipinski definition) is 5. The second kappa shape index (κ2) is 5.20. The van der Waals surface area contributed by atoms with Crippen molar-refractivity contribution in [1.29, 1.82) is 0 Å². The molecule has 102 valence electrons. The minimum absolute atomic E-state index is 0.0355. The van der Waals surface area contributed by atoms with E-state index >= 15 is 0 Å². The van der Waals surface area contributed by atoms with Gasteiger partial charge in [0, 0.05) is 5.69 Å². The summed E-state index contributed by atoms with van der Waals surface area (Å²) in [6.07, 6.45) is 1.51. The molecule has 1 heterocycles. The largest absolute Gasteiger partial charge is 0.445 e. The van der Waals surface area contributed by atoms with E-state index in [1.54, 1.807) is 6.92 Å². The zero-order valence-corrected chi connectivity index (χ0v) is 11.6. The Morgan fingerprint density at radius 2 is 2.21 bits per heavy atom. The molecular weight excluding hydrogens is 290 g/mol. The summed E-state index contributed by atoms with van der Waals surface area (Å²) >= 11 is 5.86. The van der Waals surface area contributed by atoms with Gasteiger partial charge in [-0.1, -0.05) is 11.6 Å². The number of nitrogen functional groups attached to an aromatic ring is 1. The summed E-state index contributed by atoms with van der Waals surface area (Å²) in [5, 5.41) is 0.0658. The summed E-state index contributed by atoms with van der Waals surface area (Å²) in [4.78, 5) is 3.87. The van der Waals surface area contributed by atoms with E-state index in [9.17, 15) is 8.42 Å². The van der Waals surface area contributed by atoms with Crippen molar-refractivity contribution in [3.63, 3.8) is 0 Å². The van der Waals surface area contributed by atoms with Gasteiger partial charge in [-0.2, -0.15) is 0 Å². The third kappa shape index (κ3) is 3.25.